The Morgan fingerprint density at radius 1 is 1.04 bits per heavy atom. The molecule has 0 amide bonds. The molecule has 0 aliphatic carbocycles. The van der Waals surface area contributed by atoms with Crippen molar-refractivity contribution in [2.75, 3.05) is 18.0 Å². The van der Waals surface area contributed by atoms with Gasteiger partial charge in [-0.15, -0.1) is 0 Å². The standard InChI is InChI=1S/C19H22F3N3/c20-19(21,22)18(14-15-6-10-23-11-7-15)24-16-8-12-25(13-9-16)17-4-2-1-3-5-17/h1-7,10-11,16,18,24H,8-9,12-14H2/t18-/m1/s1. The molecule has 6 heteroatoms. The fourth-order valence-electron chi connectivity index (χ4n) is 3.25. The molecule has 1 saturated heterocycles. The Labute approximate surface area is 145 Å². The van der Waals surface area contributed by atoms with Gasteiger partial charge in [0, 0.05) is 37.2 Å². The number of hydrogen-bond donors (Lipinski definition) is 1. The van der Waals surface area contributed by atoms with E-state index in [-0.39, 0.29) is 12.5 Å². The summed E-state index contributed by atoms with van der Waals surface area (Å²) in [7, 11) is 0. The third-order valence-corrected chi connectivity index (χ3v) is 4.64. The van der Waals surface area contributed by atoms with Crippen molar-refractivity contribution in [3.8, 4) is 0 Å². The van der Waals surface area contributed by atoms with Gasteiger partial charge in [0.15, 0.2) is 0 Å². The lowest BCUT2D eigenvalue weighted by molar-refractivity contribution is -0.157. The summed E-state index contributed by atoms with van der Waals surface area (Å²) in [6.45, 7) is 1.53. The van der Waals surface area contributed by atoms with Crippen molar-refractivity contribution in [1.29, 1.82) is 0 Å². The van der Waals surface area contributed by atoms with Gasteiger partial charge in [0.05, 0.1) is 0 Å². The molecule has 2 heterocycles. The number of pyridine rings is 1. The number of nitrogens with zero attached hydrogens (tertiary/aromatic N) is 2. The molecule has 1 fully saturated rings. The predicted molar refractivity (Wildman–Crippen MR) is 92.6 cm³/mol. The van der Waals surface area contributed by atoms with Crippen LogP contribution in [0.25, 0.3) is 0 Å². The maximum absolute atomic E-state index is 13.4. The van der Waals surface area contributed by atoms with E-state index in [0.29, 0.717) is 18.4 Å². The summed E-state index contributed by atoms with van der Waals surface area (Å²) in [6.07, 6.45) is 0.141. The van der Waals surface area contributed by atoms with Gasteiger partial charge in [0.2, 0.25) is 0 Å². The summed E-state index contributed by atoms with van der Waals surface area (Å²) >= 11 is 0. The molecule has 1 aromatic carbocycles. The van der Waals surface area contributed by atoms with Crippen molar-refractivity contribution >= 4 is 5.69 Å². The second-order valence-corrected chi connectivity index (χ2v) is 6.42. The molecule has 0 unspecified atom stereocenters. The van der Waals surface area contributed by atoms with Crippen LogP contribution in [0.2, 0.25) is 0 Å². The highest BCUT2D eigenvalue weighted by atomic mass is 19.4. The largest absolute Gasteiger partial charge is 0.404 e. The minimum absolute atomic E-state index is 0.0646. The van der Waals surface area contributed by atoms with Gasteiger partial charge in [0.25, 0.3) is 0 Å². The highest BCUT2D eigenvalue weighted by molar-refractivity contribution is 5.46. The van der Waals surface area contributed by atoms with E-state index < -0.39 is 12.2 Å². The highest BCUT2D eigenvalue weighted by Gasteiger charge is 2.40. The Bertz CT molecular complexity index is 638. The Hall–Kier alpha value is -2.08. The molecule has 1 aliphatic rings. The maximum atomic E-state index is 13.4. The van der Waals surface area contributed by atoms with Crippen LogP contribution in [0.4, 0.5) is 18.9 Å². The number of anilines is 1. The number of halogens is 3. The van der Waals surface area contributed by atoms with Crippen LogP contribution in [-0.4, -0.2) is 36.3 Å². The Morgan fingerprint density at radius 3 is 2.28 bits per heavy atom. The van der Waals surface area contributed by atoms with Crippen molar-refractivity contribution in [3.63, 3.8) is 0 Å². The zero-order valence-corrected chi connectivity index (χ0v) is 13.9. The van der Waals surface area contributed by atoms with Crippen molar-refractivity contribution < 1.29 is 13.2 Å². The summed E-state index contributed by atoms with van der Waals surface area (Å²) in [4.78, 5) is 6.09. The summed E-state index contributed by atoms with van der Waals surface area (Å²) in [5.41, 5.74) is 1.77. The van der Waals surface area contributed by atoms with Crippen LogP contribution in [0.1, 0.15) is 18.4 Å². The Kier molecular flexibility index (Phi) is 5.58. The Balaban J connectivity index is 1.58. The summed E-state index contributed by atoms with van der Waals surface area (Å²) in [5.74, 6) is 0. The molecule has 134 valence electrons. The highest BCUT2D eigenvalue weighted by Crippen LogP contribution is 2.26. The van der Waals surface area contributed by atoms with Gasteiger partial charge < -0.3 is 10.2 Å². The second-order valence-electron chi connectivity index (χ2n) is 6.42. The van der Waals surface area contributed by atoms with E-state index >= 15 is 0 Å². The van der Waals surface area contributed by atoms with Gasteiger partial charge in [-0.2, -0.15) is 13.2 Å². The average Bonchev–Trinajstić information content (AvgIpc) is 2.63. The van der Waals surface area contributed by atoms with Gasteiger partial charge in [-0.3, -0.25) is 4.98 Å². The SMILES string of the molecule is FC(F)(F)[C@@H](Cc1ccncc1)NC1CCN(c2ccccc2)CC1. The lowest BCUT2D eigenvalue weighted by Crippen LogP contribution is -2.52. The molecule has 25 heavy (non-hydrogen) atoms. The van der Waals surface area contributed by atoms with Crippen LogP contribution in [0.5, 0.6) is 0 Å². The Morgan fingerprint density at radius 2 is 1.68 bits per heavy atom. The first kappa shape index (κ1) is 17.7. The van der Waals surface area contributed by atoms with Gasteiger partial charge in [-0.1, -0.05) is 18.2 Å². The second kappa shape index (κ2) is 7.87. The van der Waals surface area contributed by atoms with E-state index in [1.807, 2.05) is 30.3 Å². The fourth-order valence-corrected chi connectivity index (χ4v) is 3.25. The van der Waals surface area contributed by atoms with Crippen LogP contribution < -0.4 is 10.2 Å². The minimum atomic E-state index is -4.26. The topological polar surface area (TPSA) is 28.2 Å². The summed E-state index contributed by atoms with van der Waals surface area (Å²) < 4.78 is 40.2. The molecule has 1 N–H and O–H groups in total. The lowest BCUT2D eigenvalue weighted by atomic mass is 10.0. The van der Waals surface area contributed by atoms with Crippen LogP contribution in [-0.2, 0) is 6.42 Å². The number of piperidine rings is 1. The van der Waals surface area contributed by atoms with Crippen molar-refractivity contribution in [3.05, 3.63) is 60.4 Å². The van der Waals surface area contributed by atoms with Crippen molar-refractivity contribution in [2.45, 2.75) is 37.5 Å². The third kappa shape index (κ3) is 4.95. The zero-order valence-electron chi connectivity index (χ0n) is 13.9. The van der Waals surface area contributed by atoms with Gasteiger partial charge >= 0.3 is 6.18 Å². The lowest BCUT2D eigenvalue weighted by Gasteiger charge is -2.36. The third-order valence-electron chi connectivity index (χ3n) is 4.64. The summed E-state index contributed by atoms with van der Waals surface area (Å²) in [5, 5.41) is 2.84. The maximum Gasteiger partial charge on any atom is 0.404 e. The molecule has 1 atom stereocenters. The van der Waals surface area contributed by atoms with E-state index in [4.69, 9.17) is 0 Å². The number of rotatable bonds is 5. The molecule has 2 aromatic rings. The van der Waals surface area contributed by atoms with Gasteiger partial charge in [0.1, 0.15) is 6.04 Å². The molecule has 0 bridgehead atoms. The van der Waals surface area contributed by atoms with Gasteiger partial charge in [-0.05, 0) is 49.1 Å². The first-order valence-corrected chi connectivity index (χ1v) is 8.54. The molecular weight excluding hydrogens is 327 g/mol. The van der Waals surface area contributed by atoms with Crippen LogP contribution in [0.15, 0.2) is 54.9 Å². The normalized spacial score (nSPS) is 17.5. The number of alkyl halides is 3. The molecule has 0 spiro atoms. The average molecular weight is 349 g/mol. The smallest absolute Gasteiger partial charge is 0.371 e. The van der Waals surface area contributed by atoms with E-state index in [9.17, 15) is 13.2 Å². The quantitative estimate of drug-likeness (QED) is 0.890. The van der Waals surface area contributed by atoms with E-state index in [1.165, 1.54) is 12.4 Å². The summed E-state index contributed by atoms with van der Waals surface area (Å²) in [6, 6.07) is 11.6. The van der Waals surface area contributed by atoms with Crippen molar-refractivity contribution in [2.24, 2.45) is 0 Å². The molecule has 0 radical (unpaired) electrons. The van der Waals surface area contributed by atoms with Crippen LogP contribution >= 0.6 is 0 Å². The van der Waals surface area contributed by atoms with Crippen LogP contribution in [0.3, 0.4) is 0 Å². The predicted octanol–water partition coefficient (Wildman–Crippen LogP) is 3.81. The van der Waals surface area contributed by atoms with E-state index in [1.54, 1.807) is 12.1 Å². The van der Waals surface area contributed by atoms with E-state index in [0.717, 1.165) is 18.8 Å². The van der Waals surface area contributed by atoms with Crippen LogP contribution in [0, 0.1) is 0 Å². The molecule has 3 rings (SSSR count). The number of nitrogens with one attached hydrogen (secondary N) is 1. The zero-order chi connectivity index (χ0) is 17.7. The number of benzene rings is 1. The molecule has 0 saturated carbocycles. The molecule has 1 aliphatic heterocycles. The fraction of sp³-hybridized carbons (Fsp3) is 0.421. The first-order chi connectivity index (χ1) is 12.0. The number of para-hydroxylation sites is 1. The number of hydrogen-bond acceptors (Lipinski definition) is 3. The monoisotopic (exact) mass is 349 g/mol. The minimum Gasteiger partial charge on any atom is -0.371 e. The number of aromatic nitrogens is 1. The van der Waals surface area contributed by atoms with E-state index in [2.05, 4.69) is 15.2 Å². The van der Waals surface area contributed by atoms with Gasteiger partial charge in [-0.25, -0.2) is 0 Å². The first-order valence-electron chi connectivity index (χ1n) is 8.54. The molecule has 3 nitrogen and oxygen atoms in total. The molecule has 1 aromatic heterocycles. The van der Waals surface area contributed by atoms with Crippen molar-refractivity contribution in [1.82, 2.24) is 10.3 Å². The molecular formula is C19H22F3N3.